The Morgan fingerprint density at radius 3 is 2.61 bits per heavy atom. The number of nitrogens with one attached hydrogen (secondary N) is 1. The minimum absolute atomic E-state index is 0.143. The Bertz CT molecular complexity index is 1660. The van der Waals surface area contributed by atoms with Crippen LogP contribution in [0.4, 0.5) is 5.69 Å². The third-order valence-electron chi connectivity index (χ3n) is 6.25. The van der Waals surface area contributed by atoms with E-state index in [0.29, 0.717) is 29.1 Å². The Morgan fingerprint density at radius 2 is 1.82 bits per heavy atom. The summed E-state index contributed by atoms with van der Waals surface area (Å²) in [7, 11) is 0. The predicted molar refractivity (Wildman–Crippen MR) is 149 cm³/mol. The standard InChI is InChI=1S/C30H28N6O2/c1-4-14-36-28(16-21(3)34-36)30(38)33-26-17-22(9-8-20(26)2)29(37)23-10-11-24-19-32-35(27(24)18-23)15-12-25-7-5-6-13-31-25/h5-13,15-19H,4,14H2,1-3H3,(H,33,38). The molecule has 0 aliphatic heterocycles. The molecule has 38 heavy (non-hydrogen) atoms. The average molecular weight is 505 g/mol. The molecule has 0 aliphatic carbocycles. The summed E-state index contributed by atoms with van der Waals surface area (Å²) < 4.78 is 3.44. The van der Waals surface area contributed by atoms with Crippen LogP contribution in [0.15, 0.2) is 73.1 Å². The van der Waals surface area contributed by atoms with Crippen LogP contribution in [0.5, 0.6) is 0 Å². The van der Waals surface area contributed by atoms with E-state index >= 15 is 0 Å². The third-order valence-corrected chi connectivity index (χ3v) is 6.25. The van der Waals surface area contributed by atoms with E-state index in [1.54, 1.807) is 46.0 Å². The number of rotatable bonds is 8. The lowest BCUT2D eigenvalue weighted by Gasteiger charge is -2.12. The molecule has 190 valence electrons. The first-order valence-electron chi connectivity index (χ1n) is 12.5. The molecule has 5 rings (SSSR count). The number of benzene rings is 2. The van der Waals surface area contributed by atoms with E-state index in [1.165, 1.54) is 0 Å². The second-order valence-electron chi connectivity index (χ2n) is 9.14. The highest BCUT2D eigenvalue weighted by atomic mass is 16.2. The van der Waals surface area contributed by atoms with Gasteiger partial charge >= 0.3 is 0 Å². The molecule has 5 aromatic rings. The number of amides is 1. The van der Waals surface area contributed by atoms with Gasteiger partial charge in [-0.3, -0.25) is 19.3 Å². The maximum atomic E-state index is 13.5. The van der Waals surface area contributed by atoms with Gasteiger partial charge in [0, 0.05) is 41.1 Å². The lowest BCUT2D eigenvalue weighted by molar-refractivity contribution is 0.101. The second-order valence-corrected chi connectivity index (χ2v) is 9.14. The largest absolute Gasteiger partial charge is 0.320 e. The fraction of sp³-hybridized carbons (Fsp3) is 0.167. The molecule has 3 heterocycles. The molecule has 0 bridgehead atoms. The molecule has 0 aliphatic rings. The van der Waals surface area contributed by atoms with Gasteiger partial charge in [-0.25, -0.2) is 4.68 Å². The highest BCUT2D eigenvalue weighted by Gasteiger charge is 2.17. The number of nitrogens with zero attached hydrogens (tertiary/aromatic N) is 5. The SMILES string of the molecule is CCCn1nc(C)cc1C(=O)Nc1cc(C(=O)c2ccc3cnn(C=Cc4ccccn4)c3c2)ccc1C. The van der Waals surface area contributed by atoms with E-state index in [9.17, 15) is 9.59 Å². The first-order chi connectivity index (χ1) is 18.4. The molecule has 1 amide bonds. The van der Waals surface area contributed by atoms with Gasteiger partial charge < -0.3 is 5.32 Å². The van der Waals surface area contributed by atoms with E-state index in [1.807, 2.05) is 69.4 Å². The highest BCUT2D eigenvalue weighted by molar-refractivity contribution is 6.12. The molecule has 2 aromatic carbocycles. The number of aryl methyl sites for hydroxylation is 3. The number of carbonyl (C=O) groups is 2. The fourth-order valence-corrected chi connectivity index (χ4v) is 4.28. The summed E-state index contributed by atoms with van der Waals surface area (Å²) in [5.41, 5.74) is 5.37. The molecule has 0 saturated carbocycles. The van der Waals surface area contributed by atoms with Gasteiger partial charge in [0.05, 0.1) is 23.1 Å². The predicted octanol–water partition coefficient (Wildman–Crippen LogP) is 5.77. The smallest absolute Gasteiger partial charge is 0.273 e. The molecule has 0 radical (unpaired) electrons. The Kier molecular flexibility index (Phi) is 6.95. The van der Waals surface area contributed by atoms with Gasteiger partial charge in [-0.05, 0) is 62.2 Å². The lowest BCUT2D eigenvalue weighted by Crippen LogP contribution is -2.18. The van der Waals surface area contributed by atoms with Gasteiger partial charge in [-0.15, -0.1) is 0 Å². The number of aromatic nitrogens is 5. The molecule has 1 N–H and O–H groups in total. The van der Waals surface area contributed by atoms with Gasteiger partial charge in [-0.2, -0.15) is 10.2 Å². The van der Waals surface area contributed by atoms with Gasteiger partial charge in [0.2, 0.25) is 0 Å². The number of fused-ring (bicyclic) bond motifs is 1. The average Bonchev–Trinajstić information content (AvgIpc) is 3.51. The van der Waals surface area contributed by atoms with Gasteiger partial charge in [0.25, 0.3) is 5.91 Å². The normalized spacial score (nSPS) is 11.3. The fourth-order valence-electron chi connectivity index (χ4n) is 4.28. The molecule has 0 unspecified atom stereocenters. The summed E-state index contributed by atoms with van der Waals surface area (Å²) in [4.78, 5) is 30.8. The van der Waals surface area contributed by atoms with Crippen molar-refractivity contribution in [2.75, 3.05) is 5.32 Å². The molecule has 0 spiro atoms. The maximum Gasteiger partial charge on any atom is 0.273 e. The number of anilines is 1. The zero-order valence-corrected chi connectivity index (χ0v) is 21.5. The van der Waals surface area contributed by atoms with Gasteiger partial charge in [0.1, 0.15) is 5.69 Å². The van der Waals surface area contributed by atoms with Crippen molar-refractivity contribution in [3.05, 3.63) is 107 Å². The minimum Gasteiger partial charge on any atom is -0.320 e. The van der Waals surface area contributed by atoms with Crippen LogP contribution in [0, 0.1) is 13.8 Å². The molecule has 0 atom stereocenters. The number of carbonyl (C=O) groups excluding carboxylic acids is 2. The van der Waals surface area contributed by atoms with Crippen LogP contribution in [0.2, 0.25) is 0 Å². The molecule has 0 fully saturated rings. The van der Waals surface area contributed by atoms with Crippen LogP contribution in [-0.2, 0) is 6.54 Å². The van der Waals surface area contributed by atoms with Crippen molar-refractivity contribution in [1.82, 2.24) is 24.5 Å². The van der Waals surface area contributed by atoms with Gasteiger partial charge in [0.15, 0.2) is 5.78 Å². The number of pyridine rings is 1. The quantitative estimate of drug-likeness (QED) is 0.271. The summed E-state index contributed by atoms with van der Waals surface area (Å²) >= 11 is 0. The van der Waals surface area contributed by atoms with Crippen molar-refractivity contribution in [3.8, 4) is 0 Å². The summed E-state index contributed by atoms with van der Waals surface area (Å²) in [5.74, 6) is -0.396. The van der Waals surface area contributed by atoms with E-state index in [2.05, 4.69) is 20.5 Å². The first kappa shape index (κ1) is 24.8. The minimum atomic E-state index is -0.253. The van der Waals surface area contributed by atoms with Gasteiger partial charge in [-0.1, -0.05) is 37.3 Å². The van der Waals surface area contributed by atoms with E-state index in [4.69, 9.17) is 0 Å². The van der Waals surface area contributed by atoms with Crippen LogP contribution in [0.1, 0.15) is 56.7 Å². The lowest BCUT2D eigenvalue weighted by atomic mass is 10.00. The monoisotopic (exact) mass is 504 g/mol. The van der Waals surface area contributed by atoms with Crippen molar-refractivity contribution in [1.29, 1.82) is 0 Å². The van der Waals surface area contributed by atoms with Crippen molar-refractivity contribution in [2.24, 2.45) is 0 Å². The zero-order valence-electron chi connectivity index (χ0n) is 21.5. The van der Waals surface area contributed by atoms with Crippen LogP contribution < -0.4 is 5.32 Å². The number of hydrogen-bond acceptors (Lipinski definition) is 5. The van der Waals surface area contributed by atoms with Crippen molar-refractivity contribution >= 4 is 40.6 Å². The summed E-state index contributed by atoms with van der Waals surface area (Å²) in [6.45, 7) is 6.46. The molecular weight excluding hydrogens is 476 g/mol. The zero-order chi connectivity index (χ0) is 26.6. The van der Waals surface area contributed by atoms with Crippen LogP contribution in [0.25, 0.3) is 23.2 Å². The Morgan fingerprint density at radius 1 is 1.00 bits per heavy atom. The van der Waals surface area contributed by atoms with Crippen LogP contribution in [-0.4, -0.2) is 36.2 Å². The highest BCUT2D eigenvalue weighted by Crippen LogP contribution is 2.23. The van der Waals surface area contributed by atoms with Crippen molar-refractivity contribution in [2.45, 2.75) is 33.7 Å². The molecule has 8 heteroatoms. The van der Waals surface area contributed by atoms with E-state index in [0.717, 1.165) is 34.3 Å². The van der Waals surface area contributed by atoms with E-state index < -0.39 is 0 Å². The van der Waals surface area contributed by atoms with Crippen molar-refractivity contribution in [3.63, 3.8) is 0 Å². The molecule has 3 aromatic heterocycles. The van der Waals surface area contributed by atoms with Crippen molar-refractivity contribution < 1.29 is 9.59 Å². The second kappa shape index (κ2) is 10.6. The van der Waals surface area contributed by atoms with Crippen LogP contribution >= 0.6 is 0 Å². The third kappa shape index (κ3) is 5.15. The Hall–Kier alpha value is -4.85. The summed E-state index contributed by atoms with van der Waals surface area (Å²) in [5, 5.41) is 12.7. The van der Waals surface area contributed by atoms with Crippen LogP contribution in [0.3, 0.4) is 0 Å². The van der Waals surface area contributed by atoms with E-state index in [-0.39, 0.29) is 11.7 Å². The Balaban J connectivity index is 1.41. The number of hydrogen-bond donors (Lipinski definition) is 1. The first-order valence-corrected chi connectivity index (χ1v) is 12.5. The maximum absolute atomic E-state index is 13.5. The Labute approximate surface area is 220 Å². The summed E-state index contributed by atoms with van der Waals surface area (Å²) in [6.07, 6.45) is 8.05. The summed E-state index contributed by atoms with van der Waals surface area (Å²) in [6, 6.07) is 18.3. The molecular formula is C30H28N6O2. The molecule has 8 nitrogen and oxygen atoms in total. The molecule has 0 saturated heterocycles. The topological polar surface area (TPSA) is 94.7 Å². The number of ketones is 1.